The Morgan fingerprint density at radius 2 is 1.71 bits per heavy atom. The summed E-state index contributed by atoms with van der Waals surface area (Å²) >= 11 is 5.47. The molecule has 5 heteroatoms. The molecule has 4 nitrogen and oxygen atoms in total. The van der Waals surface area contributed by atoms with Gasteiger partial charge in [-0.2, -0.15) is 0 Å². The predicted octanol–water partition coefficient (Wildman–Crippen LogP) is 1.11. The molecule has 0 aliphatic carbocycles. The highest BCUT2D eigenvalue weighted by molar-refractivity contribution is 6.68. The molecular weight excluding hydrogens is 240 g/mol. The van der Waals surface area contributed by atoms with Crippen LogP contribution in [0, 0.1) is 0 Å². The molecule has 1 aliphatic heterocycles. The molecule has 1 fully saturated rings. The van der Waals surface area contributed by atoms with Crippen LogP contribution in [0.25, 0.3) is 0 Å². The van der Waals surface area contributed by atoms with Gasteiger partial charge in [-0.3, -0.25) is 9.59 Å². The molecule has 1 aromatic carbocycles. The fourth-order valence-electron chi connectivity index (χ4n) is 1.88. The number of nitrogens with one attached hydrogen (secondary N) is 1. The Hall–Kier alpha value is -1.39. The molecule has 0 bridgehead atoms. The number of benzene rings is 1. The third-order valence-corrected chi connectivity index (χ3v) is 2.98. The van der Waals surface area contributed by atoms with Crippen LogP contribution in [0.4, 0.5) is 0 Å². The minimum Gasteiger partial charge on any atom is -0.336 e. The quantitative estimate of drug-likeness (QED) is 0.803. The number of carbonyl (C=O) groups is 2. The van der Waals surface area contributed by atoms with E-state index in [1.807, 2.05) is 0 Å². The lowest BCUT2D eigenvalue weighted by Crippen LogP contribution is -2.46. The van der Waals surface area contributed by atoms with Crippen molar-refractivity contribution in [2.24, 2.45) is 0 Å². The van der Waals surface area contributed by atoms with E-state index in [2.05, 4.69) is 5.32 Å². The molecule has 0 unspecified atom stereocenters. The predicted molar refractivity (Wildman–Crippen MR) is 65.4 cm³/mol. The molecule has 0 spiro atoms. The van der Waals surface area contributed by atoms with Crippen molar-refractivity contribution in [3.8, 4) is 0 Å². The lowest BCUT2D eigenvalue weighted by molar-refractivity contribution is 0.0732. The number of hydrogen-bond donors (Lipinski definition) is 1. The maximum atomic E-state index is 12.2. The van der Waals surface area contributed by atoms with Crippen LogP contribution in [-0.2, 0) is 0 Å². The molecule has 1 aromatic rings. The minimum atomic E-state index is -0.593. The summed E-state index contributed by atoms with van der Waals surface area (Å²) in [4.78, 5) is 25.2. The van der Waals surface area contributed by atoms with Gasteiger partial charge in [-0.25, -0.2) is 0 Å². The Kier molecular flexibility index (Phi) is 3.76. The van der Waals surface area contributed by atoms with Gasteiger partial charge in [0.05, 0.1) is 5.56 Å². The summed E-state index contributed by atoms with van der Waals surface area (Å²) in [5.74, 6) is -0.129. The van der Waals surface area contributed by atoms with Gasteiger partial charge in [0, 0.05) is 31.7 Å². The SMILES string of the molecule is O=C(Cl)c1ccccc1C(=O)N1CCNCC1. The smallest absolute Gasteiger partial charge is 0.254 e. The third kappa shape index (κ3) is 2.65. The van der Waals surface area contributed by atoms with Gasteiger partial charge >= 0.3 is 0 Å². The van der Waals surface area contributed by atoms with Crippen molar-refractivity contribution in [3.05, 3.63) is 35.4 Å². The van der Waals surface area contributed by atoms with Crippen molar-refractivity contribution in [2.45, 2.75) is 0 Å². The molecular formula is C12H13ClN2O2. The number of halogens is 1. The monoisotopic (exact) mass is 252 g/mol. The van der Waals surface area contributed by atoms with Crippen LogP contribution >= 0.6 is 11.6 Å². The maximum absolute atomic E-state index is 12.2. The largest absolute Gasteiger partial charge is 0.336 e. The van der Waals surface area contributed by atoms with Gasteiger partial charge in [-0.05, 0) is 23.7 Å². The van der Waals surface area contributed by atoms with E-state index in [0.29, 0.717) is 18.7 Å². The molecule has 1 N–H and O–H groups in total. The van der Waals surface area contributed by atoms with Gasteiger partial charge in [-0.15, -0.1) is 0 Å². The van der Waals surface area contributed by atoms with E-state index in [1.54, 1.807) is 29.2 Å². The highest BCUT2D eigenvalue weighted by Crippen LogP contribution is 2.14. The Labute approximate surface area is 105 Å². The van der Waals surface area contributed by atoms with Gasteiger partial charge in [0.1, 0.15) is 0 Å². The highest BCUT2D eigenvalue weighted by atomic mass is 35.5. The molecule has 0 aromatic heterocycles. The second-order valence-electron chi connectivity index (χ2n) is 3.86. The molecule has 1 heterocycles. The first kappa shape index (κ1) is 12.1. The molecule has 1 aliphatic rings. The second-order valence-corrected chi connectivity index (χ2v) is 4.20. The van der Waals surface area contributed by atoms with Gasteiger partial charge in [0.25, 0.3) is 11.1 Å². The van der Waals surface area contributed by atoms with Crippen LogP contribution in [0.2, 0.25) is 0 Å². The topological polar surface area (TPSA) is 49.4 Å². The zero-order valence-electron chi connectivity index (χ0n) is 9.28. The third-order valence-electron chi connectivity index (χ3n) is 2.77. The van der Waals surface area contributed by atoms with Crippen LogP contribution in [0.5, 0.6) is 0 Å². The van der Waals surface area contributed by atoms with E-state index in [1.165, 1.54) is 0 Å². The number of piperazine rings is 1. The molecule has 2 rings (SSSR count). The zero-order chi connectivity index (χ0) is 12.3. The summed E-state index contributed by atoms with van der Waals surface area (Å²) in [5.41, 5.74) is 0.659. The van der Waals surface area contributed by atoms with E-state index >= 15 is 0 Å². The van der Waals surface area contributed by atoms with E-state index in [4.69, 9.17) is 11.6 Å². The van der Waals surface area contributed by atoms with Crippen molar-refractivity contribution >= 4 is 22.8 Å². The summed E-state index contributed by atoms with van der Waals surface area (Å²) in [5, 5.41) is 2.58. The van der Waals surface area contributed by atoms with Crippen molar-refractivity contribution < 1.29 is 9.59 Å². The fraction of sp³-hybridized carbons (Fsp3) is 0.333. The molecule has 0 saturated carbocycles. The Morgan fingerprint density at radius 3 is 2.29 bits per heavy atom. The lowest BCUT2D eigenvalue weighted by atomic mass is 10.1. The average Bonchev–Trinajstić information content (AvgIpc) is 2.39. The van der Waals surface area contributed by atoms with Crippen LogP contribution in [0.3, 0.4) is 0 Å². The average molecular weight is 253 g/mol. The minimum absolute atomic E-state index is 0.129. The number of nitrogens with zero attached hydrogens (tertiary/aromatic N) is 1. The van der Waals surface area contributed by atoms with E-state index in [0.717, 1.165) is 13.1 Å². The van der Waals surface area contributed by atoms with Crippen LogP contribution in [0.15, 0.2) is 24.3 Å². The summed E-state index contributed by atoms with van der Waals surface area (Å²) in [6, 6.07) is 6.65. The van der Waals surface area contributed by atoms with Crippen molar-refractivity contribution in [2.75, 3.05) is 26.2 Å². The Morgan fingerprint density at radius 1 is 1.12 bits per heavy atom. The van der Waals surface area contributed by atoms with E-state index in [9.17, 15) is 9.59 Å². The first-order valence-corrected chi connectivity index (χ1v) is 5.87. The van der Waals surface area contributed by atoms with Crippen molar-refractivity contribution in [1.29, 1.82) is 0 Å². The molecule has 0 radical (unpaired) electrons. The fourth-order valence-corrected chi connectivity index (χ4v) is 2.04. The molecule has 1 saturated heterocycles. The summed E-state index contributed by atoms with van der Waals surface area (Å²) in [6.45, 7) is 2.87. The first-order valence-electron chi connectivity index (χ1n) is 5.49. The van der Waals surface area contributed by atoms with Gasteiger partial charge in [-0.1, -0.05) is 12.1 Å². The van der Waals surface area contributed by atoms with Crippen molar-refractivity contribution in [3.63, 3.8) is 0 Å². The number of amides is 1. The van der Waals surface area contributed by atoms with Gasteiger partial charge in [0.2, 0.25) is 0 Å². The standard InChI is InChI=1S/C12H13ClN2O2/c13-11(16)9-3-1-2-4-10(9)12(17)15-7-5-14-6-8-15/h1-4,14H,5-8H2. The number of carbonyl (C=O) groups excluding carboxylic acids is 2. The molecule has 1 amide bonds. The normalized spacial score (nSPS) is 15.7. The lowest BCUT2D eigenvalue weighted by Gasteiger charge is -2.27. The highest BCUT2D eigenvalue weighted by Gasteiger charge is 2.21. The number of rotatable bonds is 2. The summed E-state index contributed by atoms with van der Waals surface area (Å²) in [7, 11) is 0. The summed E-state index contributed by atoms with van der Waals surface area (Å²) < 4.78 is 0. The van der Waals surface area contributed by atoms with Gasteiger partial charge < -0.3 is 10.2 Å². The zero-order valence-corrected chi connectivity index (χ0v) is 10.0. The Balaban J connectivity index is 2.26. The van der Waals surface area contributed by atoms with Gasteiger partial charge in [0.15, 0.2) is 0 Å². The molecule has 0 atom stereocenters. The van der Waals surface area contributed by atoms with E-state index < -0.39 is 5.24 Å². The molecule has 90 valence electrons. The maximum Gasteiger partial charge on any atom is 0.254 e. The Bertz CT molecular complexity index is 442. The molecule has 17 heavy (non-hydrogen) atoms. The van der Waals surface area contributed by atoms with Crippen LogP contribution in [0.1, 0.15) is 20.7 Å². The number of hydrogen-bond acceptors (Lipinski definition) is 3. The van der Waals surface area contributed by atoms with Crippen LogP contribution < -0.4 is 5.32 Å². The van der Waals surface area contributed by atoms with E-state index in [-0.39, 0.29) is 11.5 Å². The van der Waals surface area contributed by atoms with Crippen LogP contribution in [-0.4, -0.2) is 42.2 Å². The second kappa shape index (κ2) is 5.29. The summed E-state index contributed by atoms with van der Waals surface area (Å²) in [6.07, 6.45) is 0. The van der Waals surface area contributed by atoms with Crippen molar-refractivity contribution in [1.82, 2.24) is 10.2 Å². The first-order chi connectivity index (χ1) is 8.20.